The van der Waals surface area contributed by atoms with E-state index < -0.39 is 15.8 Å². The number of fused-ring (bicyclic) bond motifs is 1. The van der Waals surface area contributed by atoms with E-state index in [1.807, 2.05) is 0 Å². The first-order valence-electron chi connectivity index (χ1n) is 8.92. The van der Waals surface area contributed by atoms with Crippen LogP contribution in [0, 0.1) is 5.82 Å². The van der Waals surface area contributed by atoms with Crippen molar-refractivity contribution < 1.29 is 22.7 Å². The predicted octanol–water partition coefficient (Wildman–Crippen LogP) is 1.91. The summed E-state index contributed by atoms with van der Waals surface area (Å²) in [6.07, 6.45) is 3.24. The van der Waals surface area contributed by atoms with Crippen LogP contribution in [0.2, 0.25) is 0 Å². The van der Waals surface area contributed by atoms with Crippen molar-refractivity contribution in [1.29, 1.82) is 0 Å². The fourth-order valence-electron chi connectivity index (χ4n) is 3.34. The standard InChI is InChI=1S/C18H19FN4O2S.CH2O2/c1-13-11-22(9-8-20-13)17-12-23(16-6-3-7-21-18(16)17)26(24,25)15-5-2-4-14(19)10-15;2-1-3/h2-7,10,12-13,20H,8-9,11H2,1H3;1H,(H,2,3)/t13-;/m0./s1. The van der Waals surface area contributed by atoms with Gasteiger partial charge in [-0.2, -0.15) is 0 Å². The van der Waals surface area contributed by atoms with Crippen molar-refractivity contribution in [3.05, 3.63) is 54.6 Å². The molecule has 29 heavy (non-hydrogen) atoms. The van der Waals surface area contributed by atoms with E-state index in [4.69, 9.17) is 9.90 Å². The number of pyridine rings is 1. The molecule has 8 nitrogen and oxygen atoms in total. The molecule has 0 aliphatic carbocycles. The lowest BCUT2D eigenvalue weighted by Crippen LogP contribution is -2.49. The van der Waals surface area contributed by atoms with Gasteiger partial charge in [0.2, 0.25) is 0 Å². The molecule has 1 aliphatic rings. The number of hydrogen-bond donors (Lipinski definition) is 2. The minimum absolute atomic E-state index is 0.0847. The van der Waals surface area contributed by atoms with Crippen LogP contribution >= 0.6 is 0 Å². The van der Waals surface area contributed by atoms with Gasteiger partial charge in [-0.25, -0.2) is 16.8 Å². The van der Waals surface area contributed by atoms with Gasteiger partial charge >= 0.3 is 0 Å². The molecule has 1 aromatic carbocycles. The lowest BCUT2D eigenvalue weighted by atomic mass is 10.2. The lowest BCUT2D eigenvalue weighted by Gasteiger charge is -2.32. The average molecular weight is 420 g/mol. The molecule has 0 radical (unpaired) electrons. The lowest BCUT2D eigenvalue weighted by molar-refractivity contribution is -0.122. The number of carboxylic acid groups (broad SMARTS) is 1. The van der Waals surface area contributed by atoms with Crippen molar-refractivity contribution in [2.45, 2.75) is 17.9 Å². The number of carbonyl (C=O) groups is 1. The number of benzene rings is 1. The maximum atomic E-state index is 13.6. The van der Waals surface area contributed by atoms with Crippen LogP contribution in [0.4, 0.5) is 10.1 Å². The smallest absolute Gasteiger partial charge is 0.290 e. The van der Waals surface area contributed by atoms with E-state index in [0.717, 1.165) is 31.4 Å². The van der Waals surface area contributed by atoms with Crippen LogP contribution in [0.1, 0.15) is 6.92 Å². The van der Waals surface area contributed by atoms with Gasteiger partial charge in [-0.3, -0.25) is 9.78 Å². The SMILES string of the molecule is C[C@H]1CN(c2cn(S(=O)(=O)c3cccc(F)c3)c3cccnc23)CCN1.O=CO. The van der Waals surface area contributed by atoms with Gasteiger partial charge in [-0.1, -0.05) is 6.07 Å². The van der Waals surface area contributed by atoms with Gasteiger partial charge < -0.3 is 15.3 Å². The summed E-state index contributed by atoms with van der Waals surface area (Å²) in [6, 6.07) is 8.76. The van der Waals surface area contributed by atoms with Crippen LogP contribution in [-0.4, -0.2) is 54.6 Å². The zero-order valence-electron chi connectivity index (χ0n) is 15.7. The van der Waals surface area contributed by atoms with Gasteiger partial charge in [0.05, 0.1) is 16.1 Å². The zero-order valence-corrected chi connectivity index (χ0v) is 16.5. The Morgan fingerprint density at radius 2 is 2.07 bits per heavy atom. The minimum atomic E-state index is -3.93. The normalized spacial score (nSPS) is 16.9. The van der Waals surface area contributed by atoms with E-state index in [9.17, 15) is 12.8 Å². The monoisotopic (exact) mass is 420 g/mol. The molecule has 10 heteroatoms. The third-order valence-corrected chi connectivity index (χ3v) is 6.24. The largest absolute Gasteiger partial charge is 0.483 e. The van der Waals surface area contributed by atoms with Crippen molar-refractivity contribution in [3.63, 3.8) is 0 Å². The Morgan fingerprint density at radius 3 is 2.76 bits per heavy atom. The summed E-state index contributed by atoms with van der Waals surface area (Å²) >= 11 is 0. The summed E-state index contributed by atoms with van der Waals surface area (Å²) < 4.78 is 41.0. The number of rotatable bonds is 3. The molecule has 2 aromatic heterocycles. The van der Waals surface area contributed by atoms with Crippen molar-refractivity contribution in [2.75, 3.05) is 24.5 Å². The van der Waals surface area contributed by atoms with Crippen LogP contribution in [0.3, 0.4) is 0 Å². The Balaban J connectivity index is 0.000000755. The third kappa shape index (κ3) is 4.22. The van der Waals surface area contributed by atoms with Crippen molar-refractivity contribution in [2.24, 2.45) is 0 Å². The highest BCUT2D eigenvalue weighted by Crippen LogP contribution is 2.31. The molecule has 0 unspecified atom stereocenters. The highest BCUT2D eigenvalue weighted by atomic mass is 32.2. The number of halogens is 1. The first-order chi connectivity index (χ1) is 13.9. The fourth-order valence-corrected chi connectivity index (χ4v) is 4.72. The second-order valence-electron chi connectivity index (χ2n) is 6.55. The van der Waals surface area contributed by atoms with Gasteiger partial charge in [0.25, 0.3) is 16.5 Å². The van der Waals surface area contributed by atoms with Gasteiger partial charge in [0.15, 0.2) is 0 Å². The van der Waals surface area contributed by atoms with E-state index in [1.165, 1.54) is 22.2 Å². The second kappa shape index (κ2) is 8.58. The van der Waals surface area contributed by atoms with Crippen LogP contribution in [0.5, 0.6) is 0 Å². The molecular weight excluding hydrogens is 399 g/mol. The Hall–Kier alpha value is -2.98. The number of hydrogen-bond acceptors (Lipinski definition) is 6. The fraction of sp³-hybridized carbons (Fsp3) is 0.263. The zero-order chi connectivity index (χ0) is 21.0. The first kappa shape index (κ1) is 20.7. The van der Waals surface area contributed by atoms with Crippen molar-refractivity contribution in [1.82, 2.24) is 14.3 Å². The molecule has 0 bridgehead atoms. The number of nitrogens with one attached hydrogen (secondary N) is 1. The molecule has 2 N–H and O–H groups in total. The summed E-state index contributed by atoms with van der Waals surface area (Å²) in [6.45, 7) is 4.18. The van der Waals surface area contributed by atoms with E-state index in [2.05, 4.69) is 22.1 Å². The number of aromatic nitrogens is 2. The van der Waals surface area contributed by atoms with E-state index in [0.29, 0.717) is 17.1 Å². The van der Waals surface area contributed by atoms with Crippen LogP contribution in [-0.2, 0) is 14.8 Å². The third-order valence-electron chi connectivity index (χ3n) is 4.57. The molecule has 0 saturated carbocycles. The van der Waals surface area contributed by atoms with Gasteiger partial charge in [0.1, 0.15) is 11.3 Å². The molecule has 1 atom stereocenters. The quantitative estimate of drug-likeness (QED) is 0.624. The Bertz CT molecular complexity index is 1120. The van der Waals surface area contributed by atoms with Crippen LogP contribution < -0.4 is 10.2 Å². The van der Waals surface area contributed by atoms with Crippen LogP contribution in [0.25, 0.3) is 11.0 Å². The maximum Gasteiger partial charge on any atom is 0.290 e. The van der Waals surface area contributed by atoms with E-state index in [1.54, 1.807) is 24.5 Å². The molecule has 3 aromatic rings. The first-order valence-corrected chi connectivity index (χ1v) is 10.4. The highest BCUT2D eigenvalue weighted by Gasteiger charge is 2.26. The number of nitrogens with zero attached hydrogens (tertiary/aromatic N) is 3. The summed E-state index contributed by atoms with van der Waals surface area (Å²) in [5, 5.41) is 10.3. The molecule has 154 valence electrons. The summed E-state index contributed by atoms with van der Waals surface area (Å²) in [7, 11) is -3.93. The Morgan fingerprint density at radius 1 is 1.31 bits per heavy atom. The minimum Gasteiger partial charge on any atom is -0.483 e. The van der Waals surface area contributed by atoms with Gasteiger partial charge in [-0.15, -0.1) is 0 Å². The molecule has 3 heterocycles. The maximum absolute atomic E-state index is 13.6. The highest BCUT2D eigenvalue weighted by molar-refractivity contribution is 7.90. The number of piperazine rings is 1. The molecule has 1 aliphatic heterocycles. The summed E-state index contributed by atoms with van der Waals surface area (Å²) in [4.78, 5) is 14.8. The average Bonchev–Trinajstić information content (AvgIpc) is 3.09. The molecule has 1 fully saturated rings. The molecular formula is C19H21FN4O4S. The predicted molar refractivity (Wildman–Crippen MR) is 107 cm³/mol. The molecule has 0 spiro atoms. The van der Waals surface area contributed by atoms with Crippen molar-refractivity contribution >= 4 is 33.2 Å². The van der Waals surface area contributed by atoms with Crippen LogP contribution in [0.15, 0.2) is 53.7 Å². The van der Waals surface area contributed by atoms with Crippen molar-refractivity contribution in [3.8, 4) is 0 Å². The topological polar surface area (TPSA) is 105 Å². The molecule has 0 amide bonds. The summed E-state index contributed by atoms with van der Waals surface area (Å²) in [5.74, 6) is -0.586. The van der Waals surface area contributed by atoms with Gasteiger partial charge in [0, 0.05) is 38.1 Å². The Labute approximate surface area is 167 Å². The molecule has 1 saturated heterocycles. The van der Waals surface area contributed by atoms with E-state index >= 15 is 0 Å². The number of anilines is 1. The Kier molecular flexibility index (Phi) is 6.14. The summed E-state index contributed by atoms with van der Waals surface area (Å²) in [5.41, 5.74) is 1.88. The molecule has 4 rings (SSSR count). The van der Waals surface area contributed by atoms with Gasteiger partial charge in [-0.05, 0) is 37.3 Å². The van der Waals surface area contributed by atoms with E-state index in [-0.39, 0.29) is 11.4 Å². The second-order valence-corrected chi connectivity index (χ2v) is 8.37.